The quantitative estimate of drug-likeness (QED) is 0.568. The molecule has 0 radical (unpaired) electrons. The number of benzene rings is 2. The molecule has 4 heteroatoms. The van der Waals surface area contributed by atoms with Crippen molar-refractivity contribution in [1.82, 2.24) is 4.90 Å². The molecule has 0 aliphatic carbocycles. The van der Waals surface area contributed by atoms with E-state index in [0.29, 0.717) is 5.56 Å². The van der Waals surface area contributed by atoms with Gasteiger partial charge in [0.05, 0.1) is 10.8 Å². The second-order valence-electron chi connectivity index (χ2n) is 6.10. The zero-order valence-electron chi connectivity index (χ0n) is 14.2. The molecule has 2 aliphatic heterocycles. The van der Waals surface area contributed by atoms with Crippen molar-refractivity contribution >= 4 is 23.6 Å². The first-order chi connectivity index (χ1) is 12.8. The Labute approximate surface area is 157 Å². The highest BCUT2D eigenvalue weighted by atomic mass is 32.2. The van der Waals surface area contributed by atoms with Crippen molar-refractivity contribution in [3.8, 4) is 5.75 Å². The lowest BCUT2D eigenvalue weighted by atomic mass is 10.1. The van der Waals surface area contributed by atoms with Crippen LogP contribution in [0.15, 0.2) is 83.9 Å². The molecule has 0 aromatic heterocycles. The number of carbonyl (C=O) groups is 1. The van der Waals surface area contributed by atoms with Crippen molar-refractivity contribution in [3.63, 3.8) is 0 Å². The predicted molar refractivity (Wildman–Crippen MR) is 107 cm³/mol. The van der Waals surface area contributed by atoms with Crippen LogP contribution in [-0.2, 0) is 0 Å². The molecule has 0 amide bonds. The molecule has 0 N–H and O–H groups in total. The molecular formula is C22H19NO2S. The van der Waals surface area contributed by atoms with Crippen LogP contribution in [0.2, 0.25) is 0 Å². The second-order valence-corrected chi connectivity index (χ2v) is 7.14. The largest absolute Gasteiger partial charge is 0.470 e. The molecule has 1 unspecified atom stereocenters. The van der Waals surface area contributed by atoms with Crippen molar-refractivity contribution in [2.24, 2.45) is 0 Å². The summed E-state index contributed by atoms with van der Waals surface area (Å²) in [5.41, 5.74) is 1.67. The Balaban J connectivity index is 1.38. The Kier molecular flexibility index (Phi) is 4.93. The second kappa shape index (κ2) is 7.67. The molecule has 2 aliphatic rings. The maximum atomic E-state index is 12.1. The third-order valence-electron chi connectivity index (χ3n) is 4.32. The zero-order chi connectivity index (χ0) is 17.8. The van der Waals surface area contributed by atoms with Crippen molar-refractivity contribution in [2.45, 2.75) is 6.23 Å². The fourth-order valence-electron chi connectivity index (χ4n) is 2.93. The molecule has 130 valence electrons. The van der Waals surface area contributed by atoms with Crippen LogP contribution in [-0.4, -0.2) is 29.2 Å². The van der Waals surface area contributed by atoms with Gasteiger partial charge in [-0.3, -0.25) is 4.79 Å². The Hall–Kier alpha value is -2.72. The number of ether oxygens (including phenoxy) is 1. The molecule has 1 atom stereocenters. The SMILES string of the molecule is O=C(/C=C/c1ccc(OC2CSC3=CC=CCN32)cc1)c1ccccc1. The minimum Gasteiger partial charge on any atom is -0.470 e. The van der Waals surface area contributed by atoms with Gasteiger partial charge in [0.25, 0.3) is 0 Å². The molecule has 1 saturated heterocycles. The Bertz CT molecular complexity index is 869. The van der Waals surface area contributed by atoms with Gasteiger partial charge in [-0.2, -0.15) is 0 Å². The van der Waals surface area contributed by atoms with Gasteiger partial charge < -0.3 is 9.64 Å². The minimum absolute atomic E-state index is 0.00590. The van der Waals surface area contributed by atoms with Gasteiger partial charge in [0.15, 0.2) is 12.0 Å². The van der Waals surface area contributed by atoms with Gasteiger partial charge in [-0.25, -0.2) is 0 Å². The van der Waals surface area contributed by atoms with E-state index in [4.69, 9.17) is 4.74 Å². The summed E-state index contributed by atoms with van der Waals surface area (Å²) in [5, 5.41) is 1.27. The average molecular weight is 361 g/mol. The molecule has 2 aromatic rings. The van der Waals surface area contributed by atoms with Crippen molar-refractivity contribution in [2.75, 3.05) is 12.3 Å². The first-order valence-corrected chi connectivity index (χ1v) is 9.58. The topological polar surface area (TPSA) is 29.5 Å². The van der Waals surface area contributed by atoms with Gasteiger partial charge in [-0.1, -0.05) is 60.7 Å². The molecule has 3 nitrogen and oxygen atoms in total. The Morgan fingerprint density at radius 3 is 2.73 bits per heavy atom. The van der Waals surface area contributed by atoms with Crippen LogP contribution in [0.3, 0.4) is 0 Å². The first kappa shape index (κ1) is 16.7. The van der Waals surface area contributed by atoms with E-state index in [2.05, 4.69) is 23.1 Å². The minimum atomic E-state index is 0.00590. The number of hydrogen-bond donors (Lipinski definition) is 0. The lowest BCUT2D eigenvalue weighted by Gasteiger charge is -2.27. The summed E-state index contributed by atoms with van der Waals surface area (Å²) < 4.78 is 6.13. The molecule has 2 heterocycles. The number of nitrogens with zero attached hydrogens (tertiary/aromatic N) is 1. The number of fused-ring (bicyclic) bond motifs is 1. The molecule has 0 bridgehead atoms. The van der Waals surface area contributed by atoms with Gasteiger partial charge in [0, 0.05) is 12.1 Å². The molecule has 4 rings (SSSR count). The number of ketones is 1. The highest BCUT2D eigenvalue weighted by Crippen LogP contribution is 2.35. The van der Waals surface area contributed by atoms with Crippen molar-refractivity contribution in [1.29, 1.82) is 0 Å². The highest BCUT2D eigenvalue weighted by Gasteiger charge is 2.30. The predicted octanol–water partition coefficient (Wildman–Crippen LogP) is 4.75. The van der Waals surface area contributed by atoms with Crippen LogP contribution in [0.1, 0.15) is 15.9 Å². The van der Waals surface area contributed by atoms with Gasteiger partial charge in [-0.15, -0.1) is 11.8 Å². The molecule has 2 aromatic carbocycles. The first-order valence-electron chi connectivity index (χ1n) is 8.60. The van der Waals surface area contributed by atoms with Gasteiger partial charge >= 0.3 is 0 Å². The normalized spacial score (nSPS) is 18.7. The van der Waals surface area contributed by atoms with E-state index in [-0.39, 0.29) is 12.0 Å². The number of carbonyl (C=O) groups excluding carboxylic acids is 1. The number of allylic oxidation sites excluding steroid dienone is 3. The standard InChI is InChI=1S/C22H19NO2S/c24-20(18-6-2-1-3-7-18)14-11-17-9-12-19(13-10-17)25-21-16-26-22-8-4-5-15-23(21)22/h1-14,21H,15-16H2/b14-11+. The number of thioether (sulfide) groups is 1. The van der Waals surface area contributed by atoms with Crippen LogP contribution in [0.5, 0.6) is 5.75 Å². The Morgan fingerprint density at radius 2 is 1.92 bits per heavy atom. The van der Waals surface area contributed by atoms with Crippen molar-refractivity contribution < 1.29 is 9.53 Å². The van der Waals surface area contributed by atoms with E-state index in [0.717, 1.165) is 23.6 Å². The molecule has 0 saturated carbocycles. The third kappa shape index (κ3) is 3.75. The fourth-order valence-corrected chi connectivity index (χ4v) is 4.02. The lowest BCUT2D eigenvalue weighted by molar-refractivity contribution is 0.0946. The van der Waals surface area contributed by atoms with Crippen LogP contribution < -0.4 is 4.74 Å². The monoisotopic (exact) mass is 361 g/mol. The summed E-state index contributed by atoms with van der Waals surface area (Å²) in [6.45, 7) is 0.895. The third-order valence-corrected chi connectivity index (χ3v) is 5.44. The van der Waals surface area contributed by atoms with E-state index in [1.165, 1.54) is 5.03 Å². The van der Waals surface area contributed by atoms with Gasteiger partial charge in [0.1, 0.15) is 5.75 Å². The Morgan fingerprint density at radius 1 is 1.12 bits per heavy atom. The smallest absolute Gasteiger partial charge is 0.185 e. The van der Waals surface area contributed by atoms with Crippen molar-refractivity contribution in [3.05, 3.63) is 95.1 Å². The number of rotatable bonds is 5. The summed E-state index contributed by atoms with van der Waals surface area (Å²) in [4.78, 5) is 14.4. The maximum Gasteiger partial charge on any atom is 0.185 e. The zero-order valence-corrected chi connectivity index (χ0v) is 15.1. The summed E-state index contributed by atoms with van der Waals surface area (Å²) >= 11 is 1.83. The van der Waals surface area contributed by atoms with E-state index in [9.17, 15) is 4.79 Å². The summed E-state index contributed by atoms with van der Waals surface area (Å²) in [6.07, 6.45) is 9.88. The van der Waals surface area contributed by atoms with E-state index < -0.39 is 0 Å². The van der Waals surface area contributed by atoms with Gasteiger partial charge in [-0.05, 0) is 29.8 Å². The van der Waals surface area contributed by atoms with Crippen LogP contribution in [0.25, 0.3) is 6.08 Å². The molecule has 0 spiro atoms. The van der Waals surface area contributed by atoms with Crippen LogP contribution >= 0.6 is 11.8 Å². The maximum absolute atomic E-state index is 12.1. The fraction of sp³-hybridized carbons (Fsp3) is 0.136. The van der Waals surface area contributed by atoms with Crippen LogP contribution in [0, 0.1) is 0 Å². The van der Waals surface area contributed by atoms with E-state index in [1.54, 1.807) is 6.08 Å². The van der Waals surface area contributed by atoms with E-state index >= 15 is 0 Å². The molecular weight excluding hydrogens is 342 g/mol. The number of hydrogen-bond acceptors (Lipinski definition) is 4. The lowest BCUT2D eigenvalue weighted by Crippen LogP contribution is -2.35. The summed E-state index contributed by atoms with van der Waals surface area (Å²) in [7, 11) is 0. The highest BCUT2D eigenvalue weighted by molar-refractivity contribution is 8.03. The van der Waals surface area contributed by atoms with Crippen LogP contribution in [0.4, 0.5) is 0 Å². The van der Waals surface area contributed by atoms with Gasteiger partial charge in [0.2, 0.25) is 0 Å². The van der Waals surface area contributed by atoms with E-state index in [1.807, 2.05) is 72.4 Å². The summed E-state index contributed by atoms with van der Waals surface area (Å²) in [5.74, 6) is 1.78. The average Bonchev–Trinajstić information content (AvgIpc) is 3.11. The molecule has 1 fully saturated rings. The summed E-state index contributed by atoms with van der Waals surface area (Å²) in [6, 6.07) is 17.1. The molecule has 26 heavy (non-hydrogen) atoms.